The summed E-state index contributed by atoms with van der Waals surface area (Å²) in [6.07, 6.45) is 0.715. The van der Waals surface area contributed by atoms with Gasteiger partial charge in [0.1, 0.15) is 17.3 Å². The van der Waals surface area contributed by atoms with Crippen LogP contribution in [0, 0.1) is 11.7 Å². The first-order chi connectivity index (χ1) is 32.0. The molecule has 0 aliphatic carbocycles. The first-order valence-corrected chi connectivity index (χ1v) is 22.6. The summed E-state index contributed by atoms with van der Waals surface area (Å²) >= 11 is 1.43. The number of phenols is 1. The van der Waals surface area contributed by atoms with E-state index in [2.05, 4.69) is 32.7 Å². The summed E-state index contributed by atoms with van der Waals surface area (Å²) in [5.41, 5.74) is 1.23. The van der Waals surface area contributed by atoms with Crippen LogP contribution in [-0.2, 0) is 34.8 Å². The van der Waals surface area contributed by atoms with E-state index in [1.54, 1.807) is 48.5 Å². The smallest absolute Gasteiger partial charge is 0.347 e. The molecule has 0 spiro atoms. The minimum absolute atomic E-state index is 0.00730. The topological polar surface area (TPSA) is 173 Å². The second-order valence-electron chi connectivity index (χ2n) is 16.5. The molecule has 340 valence electrons. The number of piperidine rings is 1. The Morgan fingerprint density at radius 1 is 0.894 bits per heavy atom. The van der Waals surface area contributed by atoms with Crippen molar-refractivity contribution in [1.82, 2.24) is 20.5 Å². The summed E-state index contributed by atoms with van der Waals surface area (Å²) in [5, 5.41) is 39.8. The van der Waals surface area contributed by atoms with Gasteiger partial charge in [0.2, 0.25) is 11.2 Å². The van der Waals surface area contributed by atoms with Crippen molar-refractivity contribution < 1.29 is 38.8 Å². The number of hydrogen-bond acceptors (Lipinski definition) is 11. The Kier molecular flexibility index (Phi) is 14.4. The first kappa shape index (κ1) is 45.9. The molecule has 7 aromatic rings. The lowest BCUT2D eigenvalue weighted by Crippen LogP contribution is -2.40. The number of thiophene rings is 1. The number of likely N-dealkylation sites (tertiary alicyclic amines) is 1. The molecule has 6 N–H and O–H groups in total. The molecule has 2 aromatic heterocycles. The number of H-pyrrole nitrogens is 1. The number of fused-ring (bicyclic) bond motifs is 1. The number of carbonyl (C=O) groups excluding carboxylic acids is 2. The monoisotopic (exact) mass is 910 g/mol. The molecule has 0 bridgehead atoms. The molecule has 3 heterocycles. The van der Waals surface area contributed by atoms with E-state index < -0.39 is 35.0 Å². The van der Waals surface area contributed by atoms with E-state index >= 15 is 4.39 Å². The average molecular weight is 911 g/mol. The van der Waals surface area contributed by atoms with E-state index in [1.165, 1.54) is 48.3 Å². The van der Waals surface area contributed by atoms with Crippen LogP contribution in [-0.4, -0.2) is 70.4 Å². The predicted octanol–water partition coefficient (Wildman–Crippen LogP) is 7.55. The van der Waals surface area contributed by atoms with Crippen molar-refractivity contribution in [3.05, 3.63) is 188 Å². The highest BCUT2D eigenvalue weighted by molar-refractivity contribution is 7.15. The maximum Gasteiger partial charge on any atom is 0.347 e. The Bertz CT molecular complexity index is 2870. The van der Waals surface area contributed by atoms with E-state index in [4.69, 9.17) is 9.47 Å². The number of hydrogen-bond donors (Lipinski definition) is 6. The quantitative estimate of drug-likeness (QED) is 0.0501. The zero-order chi connectivity index (χ0) is 46.2. The van der Waals surface area contributed by atoms with Crippen LogP contribution in [0.15, 0.2) is 138 Å². The van der Waals surface area contributed by atoms with Gasteiger partial charge >= 0.3 is 5.97 Å². The standard InChI is InChI=1S/C52H51FN4O8S/c1-64-46-27-36(26-43(53)42(46)29-54-30-45(59)40-16-18-44(58)49-41(40)17-20-48(60)56-49)50(61)55-28-39-15-19-47(66-39)35-11-8-14-38(25-35)52(63,37-12-6-3-7-13-37)51(62)65-32-34-21-23-57(24-22-34)31-33-9-4-2-5-10-33/h2-20,25-27,34,45,54,58-59,63H,21-24,28-32H2,1H3,(H,55,61)(H,56,60). The summed E-state index contributed by atoms with van der Waals surface area (Å²) in [5.74, 6) is -1.72. The number of amides is 1. The van der Waals surface area contributed by atoms with Crippen LogP contribution < -0.4 is 20.9 Å². The number of halogens is 1. The van der Waals surface area contributed by atoms with Crippen LogP contribution in [0.5, 0.6) is 11.5 Å². The van der Waals surface area contributed by atoms with Crippen LogP contribution in [0.3, 0.4) is 0 Å². The number of carbonyl (C=O) groups is 2. The number of phenolic OH excluding ortho intramolecular Hbond substituents is 1. The molecule has 2 atom stereocenters. The van der Waals surface area contributed by atoms with Gasteiger partial charge in [-0.15, -0.1) is 11.3 Å². The van der Waals surface area contributed by atoms with Gasteiger partial charge in [-0.1, -0.05) is 84.9 Å². The van der Waals surface area contributed by atoms with Crippen LogP contribution >= 0.6 is 11.3 Å². The Morgan fingerprint density at radius 3 is 2.39 bits per heavy atom. The SMILES string of the molecule is COc1cc(C(=O)NCc2ccc(-c3cccc(C(O)(C(=O)OCC4CCN(Cc5ccccc5)CC4)c4ccccc4)c3)s2)cc(F)c1CNCC(O)c1ccc(O)c2[nH]c(=O)ccc12. The highest BCUT2D eigenvalue weighted by atomic mass is 32.1. The summed E-state index contributed by atoms with van der Waals surface area (Å²) in [7, 11) is 1.38. The highest BCUT2D eigenvalue weighted by Gasteiger charge is 2.42. The van der Waals surface area contributed by atoms with Crippen molar-refractivity contribution in [2.45, 2.75) is 44.2 Å². The number of rotatable bonds is 17. The van der Waals surface area contributed by atoms with Crippen LogP contribution in [0.2, 0.25) is 0 Å². The third kappa shape index (κ3) is 10.4. The molecular weight excluding hydrogens is 860 g/mol. The second kappa shape index (κ2) is 20.7. The fourth-order valence-electron chi connectivity index (χ4n) is 8.42. The summed E-state index contributed by atoms with van der Waals surface area (Å²) in [4.78, 5) is 45.8. The van der Waals surface area contributed by atoms with Crippen LogP contribution in [0.25, 0.3) is 21.3 Å². The van der Waals surface area contributed by atoms with Gasteiger partial charge in [-0.25, -0.2) is 9.18 Å². The van der Waals surface area contributed by atoms with Crippen molar-refractivity contribution >= 4 is 34.1 Å². The number of benzene rings is 5. The predicted molar refractivity (Wildman–Crippen MR) is 252 cm³/mol. The zero-order valence-electron chi connectivity index (χ0n) is 36.3. The lowest BCUT2D eigenvalue weighted by Gasteiger charge is -2.33. The second-order valence-corrected chi connectivity index (χ2v) is 17.6. The van der Waals surface area contributed by atoms with Gasteiger partial charge in [0, 0.05) is 57.5 Å². The highest BCUT2D eigenvalue weighted by Crippen LogP contribution is 2.36. The van der Waals surface area contributed by atoms with E-state index in [1.807, 2.05) is 42.5 Å². The maximum atomic E-state index is 15.6. The van der Waals surface area contributed by atoms with Crippen molar-refractivity contribution in [3.8, 4) is 21.9 Å². The van der Waals surface area contributed by atoms with Crippen molar-refractivity contribution in [3.63, 3.8) is 0 Å². The number of esters is 1. The molecule has 8 rings (SSSR count). The van der Waals surface area contributed by atoms with E-state index in [0.29, 0.717) is 22.1 Å². The van der Waals surface area contributed by atoms with Gasteiger partial charge in [0.25, 0.3) is 5.91 Å². The Labute approximate surface area is 385 Å². The number of aromatic hydroxyl groups is 1. The van der Waals surface area contributed by atoms with Gasteiger partial charge in [0.05, 0.1) is 31.9 Å². The zero-order valence-corrected chi connectivity index (χ0v) is 37.2. The van der Waals surface area contributed by atoms with Gasteiger partial charge in [-0.05, 0) is 96.6 Å². The number of nitrogens with one attached hydrogen (secondary N) is 3. The number of nitrogens with zero attached hydrogens (tertiary/aromatic N) is 1. The summed E-state index contributed by atoms with van der Waals surface area (Å²) in [6.45, 7) is 3.03. The number of aliphatic hydroxyl groups excluding tert-OH is 1. The van der Waals surface area contributed by atoms with E-state index in [0.717, 1.165) is 53.9 Å². The first-order valence-electron chi connectivity index (χ1n) is 21.8. The van der Waals surface area contributed by atoms with Gasteiger partial charge in [-0.2, -0.15) is 0 Å². The van der Waals surface area contributed by atoms with Crippen molar-refractivity contribution in [1.29, 1.82) is 0 Å². The maximum absolute atomic E-state index is 15.6. The Morgan fingerprint density at radius 2 is 1.64 bits per heavy atom. The van der Waals surface area contributed by atoms with Crippen LogP contribution in [0.1, 0.15) is 62.0 Å². The van der Waals surface area contributed by atoms with Gasteiger partial charge < -0.3 is 40.4 Å². The lowest BCUT2D eigenvalue weighted by molar-refractivity contribution is -0.164. The molecular formula is C52H51FN4O8S. The molecule has 1 amide bonds. The largest absolute Gasteiger partial charge is 0.506 e. The molecule has 0 saturated carbocycles. The molecule has 0 radical (unpaired) electrons. The van der Waals surface area contributed by atoms with Crippen molar-refractivity contribution in [2.24, 2.45) is 5.92 Å². The molecule has 1 fully saturated rings. The third-order valence-corrected chi connectivity index (χ3v) is 13.2. The fraction of sp³-hybridized carbons (Fsp3) is 0.250. The minimum Gasteiger partial charge on any atom is -0.506 e. The average Bonchev–Trinajstić information content (AvgIpc) is 3.83. The molecule has 66 heavy (non-hydrogen) atoms. The molecule has 14 heteroatoms. The van der Waals surface area contributed by atoms with E-state index in [9.17, 15) is 29.7 Å². The number of methoxy groups -OCH3 is 1. The molecule has 1 aliphatic rings. The number of ether oxygens (including phenoxy) is 2. The Hall–Kier alpha value is -6.68. The van der Waals surface area contributed by atoms with E-state index in [-0.39, 0.29) is 60.3 Å². The number of pyridine rings is 1. The van der Waals surface area contributed by atoms with Gasteiger partial charge in [-0.3, -0.25) is 14.5 Å². The number of aromatic nitrogens is 1. The number of aromatic amines is 1. The molecule has 12 nitrogen and oxygen atoms in total. The Balaban J connectivity index is 0.884. The van der Waals surface area contributed by atoms with Gasteiger partial charge in [0.15, 0.2) is 0 Å². The molecule has 1 aliphatic heterocycles. The summed E-state index contributed by atoms with van der Waals surface area (Å²) in [6, 6.07) is 38.5. The van der Waals surface area contributed by atoms with Crippen LogP contribution in [0.4, 0.5) is 4.39 Å². The number of aliphatic hydroxyl groups is 2. The molecule has 1 saturated heterocycles. The third-order valence-electron chi connectivity index (χ3n) is 12.1. The summed E-state index contributed by atoms with van der Waals surface area (Å²) < 4.78 is 27.0. The fourth-order valence-corrected chi connectivity index (χ4v) is 9.36. The minimum atomic E-state index is -2.06. The van der Waals surface area contributed by atoms with Crippen molar-refractivity contribution in [2.75, 3.05) is 33.4 Å². The molecule has 2 unspecified atom stereocenters. The molecule has 5 aromatic carbocycles. The normalized spacial score (nSPS) is 14.7. The lowest BCUT2D eigenvalue weighted by atomic mass is 9.85.